The number of carbonyl (C=O) groups excluding carboxylic acids is 2. The van der Waals surface area contributed by atoms with Gasteiger partial charge in [0.25, 0.3) is 11.8 Å². The molecule has 2 amide bonds. The third-order valence-electron chi connectivity index (χ3n) is 5.79. The van der Waals surface area contributed by atoms with Crippen LogP contribution in [0.5, 0.6) is 0 Å². The Kier molecular flexibility index (Phi) is 7.05. The number of nitrogens with zero attached hydrogens (tertiary/aromatic N) is 3. The van der Waals surface area contributed by atoms with Crippen LogP contribution in [-0.2, 0) is 27.4 Å². The van der Waals surface area contributed by atoms with E-state index in [0.29, 0.717) is 12.2 Å². The van der Waals surface area contributed by atoms with Gasteiger partial charge in [0.05, 0.1) is 17.9 Å². The molecule has 2 aromatic rings. The molecule has 0 aliphatic carbocycles. The summed E-state index contributed by atoms with van der Waals surface area (Å²) in [6, 6.07) is 16.6. The van der Waals surface area contributed by atoms with E-state index < -0.39 is 6.04 Å². The van der Waals surface area contributed by atoms with E-state index in [1.165, 1.54) is 10.6 Å². The number of aliphatic imine (C=N–C) groups is 1. The third kappa shape index (κ3) is 5.58. The Morgan fingerprint density at radius 1 is 1.03 bits per heavy atom. The van der Waals surface area contributed by atoms with Gasteiger partial charge in [-0.1, -0.05) is 42.5 Å². The monoisotopic (exact) mass is 449 g/mol. The molecule has 3 atom stereocenters. The quantitative estimate of drug-likeness (QED) is 0.707. The first-order valence-corrected chi connectivity index (χ1v) is 11.4. The molecule has 2 aromatic carbocycles. The van der Waals surface area contributed by atoms with Gasteiger partial charge in [-0.3, -0.25) is 19.9 Å². The van der Waals surface area contributed by atoms with Crippen LogP contribution < -0.4 is 15.8 Å². The van der Waals surface area contributed by atoms with Crippen LogP contribution in [-0.4, -0.2) is 53.9 Å². The molecular formula is C25H31N5O3. The molecule has 4 rings (SSSR count). The lowest BCUT2D eigenvalue weighted by molar-refractivity contribution is -0.120. The first-order valence-electron chi connectivity index (χ1n) is 11.4. The van der Waals surface area contributed by atoms with Crippen molar-refractivity contribution >= 4 is 23.3 Å². The summed E-state index contributed by atoms with van der Waals surface area (Å²) in [5.41, 5.74) is 5.76. The van der Waals surface area contributed by atoms with Gasteiger partial charge in [0.2, 0.25) is 5.84 Å². The van der Waals surface area contributed by atoms with Crippen molar-refractivity contribution in [3.8, 4) is 0 Å². The van der Waals surface area contributed by atoms with Crippen LogP contribution in [0.1, 0.15) is 31.9 Å². The summed E-state index contributed by atoms with van der Waals surface area (Å²) in [5.74, 6) is -0.435. The summed E-state index contributed by atoms with van der Waals surface area (Å²) < 4.78 is 5.84. The molecule has 33 heavy (non-hydrogen) atoms. The fourth-order valence-corrected chi connectivity index (χ4v) is 4.30. The van der Waals surface area contributed by atoms with Crippen LogP contribution in [0.4, 0.5) is 5.69 Å². The third-order valence-corrected chi connectivity index (χ3v) is 5.79. The number of benzene rings is 2. The van der Waals surface area contributed by atoms with Crippen molar-refractivity contribution in [3.05, 3.63) is 65.7 Å². The Balaban J connectivity index is 1.42. The number of morpholine rings is 1. The second-order valence-electron chi connectivity index (χ2n) is 8.68. The summed E-state index contributed by atoms with van der Waals surface area (Å²) in [6.07, 6.45) is 0.404. The topological polar surface area (TPSA) is 86.3 Å². The Morgan fingerprint density at radius 3 is 2.36 bits per heavy atom. The number of amidine groups is 1. The number of carbonyl (C=O) groups is 2. The van der Waals surface area contributed by atoms with E-state index in [4.69, 9.17) is 4.74 Å². The fraction of sp³-hybridized carbons (Fsp3) is 0.400. The van der Waals surface area contributed by atoms with E-state index in [1.54, 1.807) is 6.92 Å². The van der Waals surface area contributed by atoms with Gasteiger partial charge < -0.3 is 10.1 Å². The highest BCUT2D eigenvalue weighted by molar-refractivity contribution is 6.39. The average molecular weight is 450 g/mol. The van der Waals surface area contributed by atoms with Gasteiger partial charge in [-0.15, -0.1) is 0 Å². The molecule has 8 nitrogen and oxygen atoms in total. The van der Waals surface area contributed by atoms with E-state index >= 15 is 0 Å². The van der Waals surface area contributed by atoms with Gasteiger partial charge in [0.15, 0.2) is 0 Å². The number of para-hydroxylation sites is 1. The maximum atomic E-state index is 12.9. The minimum absolute atomic E-state index is 0.124. The van der Waals surface area contributed by atoms with Gasteiger partial charge in [0, 0.05) is 26.2 Å². The van der Waals surface area contributed by atoms with Crippen LogP contribution >= 0.6 is 0 Å². The molecule has 1 fully saturated rings. The van der Waals surface area contributed by atoms with E-state index in [2.05, 4.69) is 40.5 Å². The lowest BCUT2D eigenvalue weighted by Crippen LogP contribution is -2.57. The number of hydrogen-bond donors (Lipinski definition) is 2. The SMILES string of the molecule is CC1CN(Cc2ccccc2CNC(=O)C2=NC(C)C(=O)N(c3ccccc3)N2)CC(C)O1. The summed E-state index contributed by atoms with van der Waals surface area (Å²) in [5, 5.41) is 4.33. The van der Waals surface area contributed by atoms with E-state index in [9.17, 15) is 9.59 Å². The highest BCUT2D eigenvalue weighted by Gasteiger charge is 2.30. The zero-order valence-corrected chi connectivity index (χ0v) is 19.3. The Morgan fingerprint density at radius 2 is 1.67 bits per heavy atom. The number of amides is 2. The molecular weight excluding hydrogens is 418 g/mol. The van der Waals surface area contributed by atoms with Crippen LogP contribution in [0.15, 0.2) is 59.6 Å². The highest BCUT2D eigenvalue weighted by atomic mass is 16.5. The van der Waals surface area contributed by atoms with Crippen molar-refractivity contribution in [2.75, 3.05) is 18.1 Å². The molecule has 3 unspecified atom stereocenters. The second kappa shape index (κ2) is 10.1. The van der Waals surface area contributed by atoms with Crippen molar-refractivity contribution in [1.82, 2.24) is 15.6 Å². The van der Waals surface area contributed by atoms with Gasteiger partial charge in [-0.2, -0.15) is 0 Å². The minimum atomic E-state index is -0.648. The van der Waals surface area contributed by atoms with Crippen molar-refractivity contribution in [3.63, 3.8) is 0 Å². The first kappa shape index (κ1) is 22.9. The van der Waals surface area contributed by atoms with Crippen molar-refractivity contribution in [2.24, 2.45) is 4.99 Å². The molecule has 0 saturated carbocycles. The van der Waals surface area contributed by atoms with Crippen LogP contribution in [0.25, 0.3) is 0 Å². The van der Waals surface area contributed by atoms with Crippen LogP contribution in [0.3, 0.4) is 0 Å². The molecule has 0 spiro atoms. The molecule has 0 radical (unpaired) electrons. The molecule has 2 aliphatic heterocycles. The summed E-state index contributed by atoms with van der Waals surface area (Å²) in [6.45, 7) is 8.82. The molecule has 0 aromatic heterocycles. The molecule has 1 saturated heterocycles. The zero-order valence-electron chi connectivity index (χ0n) is 19.3. The molecule has 2 heterocycles. The molecule has 8 heteroatoms. The number of hydrazine groups is 1. The predicted octanol–water partition coefficient (Wildman–Crippen LogP) is 2.25. The van der Waals surface area contributed by atoms with Crippen molar-refractivity contribution in [1.29, 1.82) is 0 Å². The van der Waals surface area contributed by atoms with Crippen LogP contribution in [0, 0.1) is 0 Å². The maximum absolute atomic E-state index is 12.9. The largest absolute Gasteiger partial charge is 0.373 e. The van der Waals surface area contributed by atoms with E-state index in [1.807, 2.05) is 48.5 Å². The van der Waals surface area contributed by atoms with Gasteiger partial charge in [-0.25, -0.2) is 10.0 Å². The smallest absolute Gasteiger partial charge is 0.288 e. The van der Waals surface area contributed by atoms with E-state index in [0.717, 1.165) is 25.2 Å². The lowest BCUT2D eigenvalue weighted by atomic mass is 10.1. The predicted molar refractivity (Wildman–Crippen MR) is 128 cm³/mol. The van der Waals surface area contributed by atoms with Crippen LogP contribution in [0.2, 0.25) is 0 Å². The summed E-state index contributed by atoms with van der Waals surface area (Å²) in [7, 11) is 0. The van der Waals surface area contributed by atoms with Gasteiger partial charge in [-0.05, 0) is 44.0 Å². The minimum Gasteiger partial charge on any atom is -0.373 e. The number of rotatable bonds is 6. The standard InChI is InChI=1S/C25H31N5O3/c1-17-14-29(15-18(2)33-17)16-21-10-8-7-9-20(21)13-26-24(31)23-27-19(3)25(32)30(28-23)22-11-5-4-6-12-22/h4-12,17-19H,13-16H2,1-3H3,(H,26,31)(H,27,28). The van der Waals surface area contributed by atoms with E-state index in [-0.39, 0.29) is 29.9 Å². The van der Waals surface area contributed by atoms with Gasteiger partial charge >= 0.3 is 0 Å². The average Bonchev–Trinajstić information content (AvgIpc) is 2.80. The normalized spacial score (nSPS) is 23.6. The maximum Gasteiger partial charge on any atom is 0.288 e. The second-order valence-corrected chi connectivity index (χ2v) is 8.68. The summed E-state index contributed by atoms with van der Waals surface area (Å²) in [4.78, 5) is 32.1. The number of anilines is 1. The number of hydrogen-bond acceptors (Lipinski definition) is 6. The summed E-state index contributed by atoms with van der Waals surface area (Å²) >= 11 is 0. The van der Waals surface area contributed by atoms with Gasteiger partial charge in [0.1, 0.15) is 6.04 Å². The lowest BCUT2D eigenvalue weighted by Gasteiger charge is -2.35. The Hall–Kier alpha value is -3.23. The number of ether oxygens (including phenoxy) is 1. The fourth-order valence-electron chi connectivity index (χ4n) is 4.30. The molecule has 2 N–H and O–H groups in total. The Labute approximate surface area is 194 Å². The molecule has 174 valence electrons. The molecule has 2 aliphatic rings. The highest BCUT2D eigenvalue weighted by Crippen LogP contribution is 2.18. The molecule has 0 bridgehead atoms. The van der Waals surface area contributed by atoms with Crippen molar-refractivity contribution in [2.45, 2.75) is 52.1 Å². The van der Waals surface area contributed by atoms with Crippen molar-refractivity contribution < 1.29 is 14.3 Å². The first-order chi connectivity index (χ1) is 15.9. The Bertz CT molecular complexity index is 1020. The number of nitrogens with one attached hydrogen (secondary N) is 2. The zero-order chi connectivity index (χ0) is 23.4.